The number of hydrogen-bond acceptors (Lipinski definition) is 4. The van der Waals surface area contributed by atoms with Gasteiger partial charge < -0.3 is 14.4 Å². The molecule has 4 nitrogen and oxygen atoms in total. The molecule has 0 N–H and O–H groups in total. The molecule has 2 aliphatic heterocycles. The van der Waals surface area contributed by atoms with Gasteiger partial charge in [-0.15, -0.1) is 0 Å². The summed E-state index contributed by atoms with van der Waals surface area (Å²) in [6.45, 7) is 10.1. The number of likely N-dealkylation sites (tertiary alicyclic amines) is 1. The fourth-order valence-electron chi connectivity index (χ4n) is 3.93. The maximum atomic E-state index is 9.67. The van der Waals surface area contributed by atoms with Gasteiger partial charge in [-0.3, -0.25) is 0 Å². The number of ether oxygens (including phenoxy) is 2. The molecule has 2 fully saturated rings. The molecule has 0 spiro atoms. The molecule has 2 saturated heterocycles. The van der Waals surface area contributed by atoms with Crippen molar-refractivity contribution in [3.05, 3.63) is 29.8 Å². The lowest BCUT2D eigenvalue weighted by Gasteiger charge is -2.31. The molecule has 0 aliphatic carbocycles. The number of rotatable bonds is 6. The Hall–Kier alpha value is -1.57. The molecule has 0 amide bonds. The molecule has 0 bridgehead atoms. The molecule has 0 aromatic heterocycles. The van der Waals surface area contributed by atoms with Gasteiger partial charge in [0.25, 0.3) is 0 Å². The predicted octanol–water partition coefficient (Wildman–Crippen LogP) is 3.76. The average molecular weight is 342 g/mol. The van der Waals surface area contributed by atoms with E-state index in [4.69, 9.17) is 9.47 Å². The molecule has 0 radical (unpaired) electrons. The van der Waals surface area contributed by atoms with Crippen molar-refractivity contribution in [1.29, 1.82) is 5.26 Å². The van der Waals surface area contributed by atoms with Crippen LogP contribution in [-0.4, -0.2) is 44.4 Å². The minimum Gasteiger partial charge on any atom is -0.493 e. The van der Waals surface area contributed by atoms with Gasteiger partial charge in [0.1, 0.15) is 5.75 Å². The number of hydrogen-bond donors (Lipinski definition) is 0. The fourth-order valence-corrected chi connectivity index (χ4v) is 3.93. The average Bonchev–Trinajstić information content (AvgIpc) is 3.13. The minimum atomic E-state index is -0.397. The summed E-state index contributed by atoms with van der Waals surface area (Å²) in [4.78, 5) is 2.54. The third-order valence-electron chi connectivity index (χ3n) is 5.45. The van der Waals surface area contributed by atoms with E-state index in [1.54, 1.807) is 0 Å². The summed E-state index contributed by atoms with van der Waals surface area (Å²) in [6.07, 6.45) is 4.19. The van der Waals surface area contributed by atoms with E-state index in [1.165, 1.54) is 25.9 Å². The van der Waals surface area contributed by atoms with Crippen molar-refractivity contribution in [3.63, 3.8) is 0 Å². The Labute approximate surface area is 151 Å². The van der Waals surface area contributed by atoms with Crippen molar-refractivity contribution in [1.82, 2.24) is 4.90 Å². The van der Waals surface area contributed by atoms with Gasteiger partial charge in [-0.05, 0) is 56.5 Å². The molecule has 4 heteroatoms. The monoisotopic (exact) mass is 342 g/mol. The van der Waals surface area contributed by atoms with E-state index in [-0.39, 0.29) is 5.41 Å². The highest BCUT2D eigenvalue weighted by Gasteiger charge is 2.34. The van der Waals surface area contributed by atoms with Crippen LogP contribution in [0.15, 0.2) is 24.3 Å². The van der Waals surface area contributed by atoms with Crippen LogP contribution in [0.4, 0.5) is 0 Å². The molecule has 0 unspecified atom stereocenters. The lowest BCUT2D eigenvalue weighted by molar-refractivity contribution is 0.0675. The Bertz CT molecular complexity index is 591. The molecule has 3 rings (SSSR count). The Kier molecular flexibility index (Phi) is 5.66. The summed E-state index contributed by atoms with van der Waals surface area (Å²) in [5, 5.41) is 9.67. The zero-order valence-corrected chi connectivity index (χ0v) is 15.6. The van der Waals surface area contributed by atoms with Crippen molar-refractivity contribution in [2.24, 2.45) is 5.41 Å². The Morgan fingerprint density at radius 2 is 1.80 bits per heavy atom. The van der Waals surface area contributed by atoms with Gasteiger partial charge in [0, 0.05) is 25.2 Å². The largest absolute Gasteiger partial charge is 0.493 e. The van der Waals surface area contributed by atoms with E-state index in [9.17, 15) is 5.26 Å². The molecule has 1 aromatic rings. The van der Waals surface area contributed by atoms with Crippen molar-refractivity contribution in [2.45, 2.75) is 44.9 Å². The molecule has 1 aromatic carbocycles. The van der Waals surface area contributed by atoms with Gasteiger partial charge in [0.2, 0.25) is 0 Å². The highest BCUT2D eigenvalue weighted by molar-refractivity contribution is 5.37. The van der Waals surface area contributed by atoms with E-state index in [2.05, 4.69) is 36.9 Å². The number of benzene rings is 1. The highest BCUT2D eigenvalue weighted by Crippen LogP contribution is 2.35. The third-order valence-corrected chi connectivity index (χ3v) is 5.45. The van der Waals surface area contributed by atoms with Gasteiger partial charge in [0.15, 0.2) is 0 Å². The van der Waals surface area contributed by atoms with Crippen LogP contribution in [0.25, 0.3) is 0 Å². The topological polar surface area (TPSA) is 45.5 Å². The molecule has 25 heavy (non-hydrogen) atoms. The molecular weight excluding hydrogens is 312 g/mol. The zero-order valence-electron chi connectivity index (χ0n) is 15.6. The molecular formula is C21H30N2O2. The zero-order chi connectivity index (χ0) is 17.8. The first-order valence-corrected chi connectivity index (χ1v) is 9.48. The van der Waals surface area contributed by atoms with Crippen molar-refractivity contribution in [3.8, 4) is 11.8 Å². The standard InChI is InChI=1S/C21H30N2O2/c1-20(2,16-23-11-3-4-12-23)17-25-19-7-5-18(6-8-19)21(15-22)9-13-24-14-10-21/h5-8H,3-4,9-14,16-17H2,1-2H3. The summed E-state index contributed by atoms with van der Waals surface area (Å²) in [6, 6.07) is 10.6. The maximum Gasteiger partial charge on any atom is 0.119 e. The van der Waals surface area contributed by atoms with E-state index in [0.717, 1.165) is 30.7 Å². The van der Waals surface area contributed by atoms with E-state index >= 15 is 0 Å². The van der Waals surface area contributed by atoms with Crippen LogP contribution < -0.4 is 4.74 Å². The summed E-state index contributed by atoms with van der Waals surface area (Å²) >= 11 is 0. The second-order valence-electron chi connectivity index (χ2n) is 8.27. The molecule has 0 saturated carbocycles. The van der Waals surface area contributed by atoms with Gasteiger partial charge in [0.05, 0.1) is 18.1 Å². The summed E-state index contributed by atoms with van der Waals surface area (Å²) < 4.78 is 11.5. The van der Waals surface area contributed by atoms with Crippen LogP contribution in [0.1, 0.15) is 45.1 Å². The van der Waals surface area contributed by atoms with E-state index < -0.39 is 5.41 Å². The summed E-state index contributed by atoms with van der Waals surface area (Å²) in [5.74, 6) is 0.887. The molecule has 2 heterocycles. The van der Waals surface area contributed by atoms with E-state index in [0.29, 0.717) is 19.8 Å². The van der Waals surface area contributed by atoms with Crippen LogP contribution in [0.5, 0.6) is 5.75 Å². The fraction of sp³-hybridized carbons (Fsp3) is 0.667. The summed E-state index contributed by atoms with van der Waals surface area (Å²) in [7, 11) is 0. The third kappa shape index (κ3) is 4.54. The normalized spacial score (nSPS) is 21.0. The lowest BCUT2D eigenvalue weighted by Crippen LogP contribution is -2.36. The second kappa shape index (κ2) is 7.76. The van der Waals surface area contributed by atoms with Crippen molar-refractivity contribution in [2.75, 3.05) is 39.5 Å². The SMILES string of the molecule is CC(C)(COc1ccc(C2(C#N)CCOCC2)cc1)CN1CCCC1. The number of nitrogens with zero attached hydrogens (tertiary/aromatic N) is 2. The van der Waals surface area contributed by atoms with E-state index in [1.807, 2.05) is 12.1 Å². The Balaban J connectivity index is 1.58. The smallest absolute Gasteiger partial charge is 0.119 e. The highest BCUT2D eigenvalue weighted by atomic mass is 16.5. The maximum absolute atomic E-state index is 9.67. The first-order valence-electron chi connectivity index (χ1n) is 9.48. The quantitative estimate of drug-likeness (QED) is 0.790. The van der Waals surface area contributed by atoms with Crippen LogP contribution in [0, 0.1) is 16.7 Å². The van der Waals surface area contributed by atoms with Crippen LogP contribution in [0.2, 0.25) is 0 Å². The second-order valence-corrected chi connectivity index (χ2v) is 8.27. The molecule has 2 aliphatic rings. The van der Waals surface area contributed by atoms with Crippen LogP contribution in [-0.2, 0) is 10.2 Å². The van der Waals surface area contributed by atoms with Crippen LogP contribution >= 0.6 is 0 Å². The van der Waals surface area contributed by atoms with Crippen molar-refractivity contribution >= 4 is 0 Å². The lowest BCUT2D eigenvalue weighted by atomic mass is 9.75. The molecule has 0 atom stereocenters. The summed E-state index contributed by atoms with van der Waals surface area (Å²) in [5.41, 5.74) is 0.825. The Morgan fingerprint density at radius 1 is 1.16 bits per heavy atom. The van der Waals surface area contributed by atoms with Crippen LogP contribution in [0.3, 0.4) is 0 Å². The Morgan fingerprint density at radius 3 is 2.40 bits per heavy atom. The van der Waals surface area contributed by atoms with Gasteiger partial charge in [-0.25, -0.2) is 0 Å². The molecule has 136 valence electrons. The van der Waals surface area contributed by atoms with Gasteiger partial charge in [-0.1, -0.05) is 26.0 Å². The first-order chi connectivity index (χ1) is 12.0. The number of nitriles is 1. The van der Waals surface area contributed by atoms with Gasteiger partial charge in [-0.2, -0.15) is 5.26 Å². The predicted molar refractivity (Wildman–Crippen MR) is 98.7 cm³/mol. The minimum absolute atomic E-state index is 0.137. The van der Waals surface area contributed by atoms with Crippen molar-refractivity contribution < 1.29 is 9.47 Å². The first kappa shape index (κ1) is 18.2. The van der Waals surface area contributed by atoms with Gasteiger partial charge >= 0.3 is 0 Å².